The number of hydrogen-bond donors (Lipinski definition) is 2. The van der Waals surface area contributed by atoms with E-state index in [9.17, 15) is 4.79 Å². The van der Waals surface area contributed by atoms with Gasteiger partial charge < -0.3 is 5.32 Å². The molecular formula is C10H9Br2N3OS. The summed E-state index contributed by atoms with van der Waals surface area (Å²) in [6.07, 6.45) is 0. The van der Waals surface area contributed by atoms with E-state index < -0.39 is 0 Å². The molecule has 2 N–H and O–H groups in total. The molecule has 2 aromatic rings. The summed E-state index contributed by atoms with van der Waals surface area (Å²) < 4.78 is 1.79. The average Bonchev–Trinajstić information content (AvgIpc) is 2.76. The predicted octanol–water partition coefficient (Wildman–Crippen LogP) is 3.87. The highest BCUT2D eigenvalue weighted by Crippen LogP contribution is 2.32. The Kier molecular flexibility index (Phi) is 3.70. The summed E-state index contributed by atoms with van der Waals surface area (Å²) in [6, 6.07) is 1.79. The number of aryl methyl sites for hydroxylation is 2. The average molecular weight is 379 g/mol. The first-order chi connectivity index (χ1) is 7.99. The number of aromatic nitrogens is 2. The number of halogens is 2. The number of rotatable bonds is 2. The fraction of sp³-hybridized carbons (Fsp3) is 0.200. The van der Waals surface area contributed by atoms with Gasteiger partial charge in [-0.15, -0.1) is 11.3 Å². The van der Waals surface area contributed by atoms with Crippen molar-refractivity contribution in [2.24, 2.45) is 0 Å². The summed E-state index contributed by atoms with van der Waals surface area (Å²) in [4.78, 5) is 12.6. The molecule has 2 heterocycles. The molecule has 17 heavy (non-hydrogen) atoms. The standard InChI is InChI=1S/C10H9Br2N3OS/c1-4-8(5(2)15-14-4)13-10(16)7-3-6(11)9(12)17-7/h3H,1-2H3,(H,13,16)(H,14,15). The summed E-state index contributed by atoms with van der Waals surface area (Å²) in [6.45, 7) is 3.72. The Labute approximate surface area is 119 Å². The normalized spacial score (nSPS) is 10.6. The molecule has 2 rings (SSSR count). The van der Waals surface area contributed by atoms with E-state index in [1.165, 1.54) is 11.3 Å². The van der Waals surface area contributed by atoms with Gasteiger partial charge in [0, 0.05) is 4.47 Å². The first kappa shape index (κ1) is 12.8. The second kappa shape index (κ2) is 4.91. The van der Waals surface area contributed by atoms with Crippen LogP contribution in [0.25, 0.3) is 0 Å². The fourth-order valence-corrected chi connectivity index (χ4v) is 3.30. The van der Waals surface area contributed by atoms with Crippen molar-refractivity contribution in [3.63, 3.8) is 0 Å². The Morgan fingerprint density at radius 1 is 1.47 bits per heavy atom. The number of nitrogens with zero attached hydrogens (tertiary/aromatic N) is 1. The molecule has 90 valence electrons. The number of thiophene rings is 1. The minimum absolute atomic E-state index is 0.131. The van der Waals surface area contributed by atoms with Gasteiger partial charge in [0.05, 0.1) is 25.7 Å². The molecule has 0 bridgehead atoms. The minimum atomic E-state index is -0.131. The maximum absolute atomic E-state index is 12.0. The number of H-pyrrole nitrogens is 1. The zero-order valence-corrected chi connectivity index (χ0v) is 13.1. The number of anilines is 1. The quantitative estimate of drug-likeness (QED) is 0.833. The van der Waals surface area contributed by atoms with Crippen molar-refractivity contribution in [3.05, 3.63) is 30.6 Å². The van der Waals surface area contributed by atoms with E-state index in [1.54, 1.807) is 6.07 Å². The van der Waals surface area contributed by atoms with Gasteiger partial charge in [-0.2, -0.15) is 5.10 Å². The molecule has 0 saturated heterocycles. The summed E-state index contributed by atoms with van der Waals surface area (Å²) >= 11 is 8.10. The molecule has 0 saturated carbocycles. The molecular weight excluding hydrogens is 370 g/mol. The van der Waals surface area contributed by atoms with Crippen LogP contribution in [-0.2, 0) is 0 Å². The monoisotopic (exact) mass is 377 g/mol. The third-order valence-electron chi connectivity index (χ3n) is 2.24. The zero-order chi connectivity index (χ0) is 12.6. The van der Waals surface area contributed by atoms with E-state index in [4.69, 9.17) is 0 Å². The molecule has 0 aliphatic rings. The van der Waals surface area contributed by atoms with Crippen molar-refractivity contribution in [2.45, 2.75) is 13.8 Å². The Morgan fingerprint density at radius 3 is 2.65 bits per heavy atom. The van der Waals surface area contributed by atoms with Crippen LogP contribution in [-0.4, -0.2) is 16.1 Å². The van der Waals surface area contributed by atoms with Gasteiger partial charge in [0.15, 0.2) is 0 Å². The molecule has 0 fully saturated rings. The first-order valence-electron chi connectivity index (χ1n) is 4.76. The van der Waals surface area contributed by atoms with Crippen molar-refractivity contribution in [2.75, 3.05) is 5.32 Å². The van der Waals surface area contributed by atoms with Crippen LogP contribution < -0.4 is 5.32 Å². The molecule has 1 amide bonds. The number of aromatic amines is 1. The lowest BCUT2D eigenvalue weighted by Crippen LogP contribution is -2.11. The molecule has 0 aliphatic carbocycles. The first-order valence-corrected chi connectivity index (χ1v) is 7.17. The van der Waals surface area contributed by atoms with Gasteiger partial charge in [0.1, 0.15) is 0 Å². The lowest BCUT2D eigenvalue weighted by atomic mass is 10.3. The smallest absolute Gasteiger partial charge is 0.265 e. The Morgan fingerprint density at radius 2 is 2.18 bits per heavy atom. The van der Waals surface area contributed by atoms with Gasteiger partial charge in [-0.05, 0) is 51.8 Å². The summed E-state index contributed by atoms with van der Waals surface area (Å²) in [5, 5.41) is 9.71. The van der Waals surface area contributed by atoms with Gasteiger partial charge in [-0.25, -0.2) is 0 Å². The van der Waals surface area contributed by atoms with Gasteiger partial charge in [0.2, 0.25) is 0 Å². The van der Waals surface area contributed by atoms with Crippen LogP contribution >= 0.6 is 43.2 Å². The molecule has 0 atom stereocenters. The van der Waals surface area contributed by atoms with Gasteiger partial charge in [0.25, 0.3) is 5.91 Å². The van der Waals surface area contributed by atoms with E-state index in [1.807, 2.05) is 13.8 Å². The van der Waals surface area contributed by atoms with Crippen molar-refractivity contribution < 1.29 is 4.79 Å². The van der Waals surface area contributed by atoms with Crippen molar-refractivity contribution in [1.29, 1.82) is 0 Å². The minimum Gasteiger partial charge on any atom is -0.318 e. The van der Waals surface area contributed by atoms with Crippen LogP contribution in [0, 0.1) is 13.8 Å². The SMILES string of the molecule is Cc1n[nH]c(C)c1NC(=O)c1cc(Br)c(Br)s1. The summed E-state index contributed by atoms with van der Waals surface area (Å²) in [5.74, 6) is -0.131. The maximum atomic E-state index is 12.0. The van der Waals surface area contributed by atoms with E-state index in [2.05, 4.69) is 47.4 Å². The van der Waals surface area contributed by atoms with Crippen LogP contribution in [0.1, 0.15) is 21.1 Å². The lowest BCUT2D eigenvalue weighted by molar-refractivity contribution is 0.103. The second-order valence-electron chi connectivity index (χ2n) is 3.50. The number of carbonyl (C=O) groups is 1. The molecule has 0 aromatic carbocycles. The Bertz CT molecular complexity index is 537. The highest BCUT2D eigenvalue weighted by Gasteiger charge is 2.15. The molecule has 4 nitrogen and oxygen atoms in total. The summed E-state index contributed by atoms with van der Waals surface area (Å²) in [7, 11) is 0. The van der Waals surface area contributed by atoms with E-state index in [-0.39, 0.29) is 5.91 Å². The third-order valence-corrected chi connectivity index (χ3v) is 5.49. The molecule has 7 heteroatoms. The highest BCUT2D eigenvalue weighted by atomic mass is 79.9. The topological polar surface area (TPSA) is 57.8 Å². The van der Waals surface area contributed by atoms with Crippen LogP contribution in [0.3, 0.4) is 0 Å². The Hall–Kier alpha value is -0.660. The molecule has 0 spiro atoms. The third kappa shape index (κ3) is 2.61. The van der Waals surface area contributed by atoms with Gasteiger partial charge in [-0.3, -0.25) is 9.89 Å². The molecule has 0 unspecified atom stereocenters. The lowest BCUT2D eigenvalue weighted by Gasteiger charge is -2.02. The predicted molar refractivity (Wildman–Crippen MR) is 75.7 cm³/mol. The summed E-state index contributed by atoms with van der Waals surface area (Å²) in [5.41, 5.74) is 2.38. The van der Waals surface area contributed by atoms with Crippen molar-refractivity contribution in [3.8, 4) is 0 Å². The highest BCUT2D eigenvalue weighted by molar-refractivity contribution is 9.13. The van der Waals surface area contributed by atoms with Crippen molar-refractivity contribution in [1.82, 2.24) is 10.2 Å². The van der Waals surface area contributed by atoms with E-state index in [0.29, 0.717) is 4.88 Å². The van der Waals surface area contributed by atoms with Crippen LogP contribution in [0.2, 0.25) is 0 Å². The number of carbonyl (C=O) groups excluding carboxylic acids is 1. The van der Waals surface area contributed by atoms with Gasteiger partial charge >= 0.3 is 0 Å². The maximum Gasteiger partial charge on any atom is 0.265 e. The number of amides is 1. The largest absolute Gasteiger partial charge is 0.318 e. The van der Waals surface area contributed by atoms with Gasteiger partial charge in [-0.1, -0.05) is 0 Å². The second-order valence-corrected chi connectivity index (χ2v) is 6.72. The zero-order valence-electron chi connectivity index (χ0n) is 9.10. The van der Waals surface area contributed by atoms with Crippen molar-refractivity contribution >= 4 is 54.8 Å². The van der Waals surface area contributed by atoms with E-state index >= 15 is 0 Å². The van der Waals surface area contributed by atoms with E-state index in [0.717, 1.165) is 25.3 Å². The number of nitrogens with one attached hydrogen (secondary N) is 2. The Balaban J connectivity index is 2.23. The number of hydrogen-bond acceptors (Lipinski definition) is 3. The van der Waals surface area contributed by atoms with Crippen LogP contribution in [0.15, 0.2) is 14.3 Å². The molecule has 0 aliphatic heterocycles. The van der Waals surface area contributed by atoms with Crippen LogP contribution in [0.5, 0.6) is 0 Å². The molecule has 2 aromatic heterocycles. The van der Waals surface area contributed by atoms with Crippen LogP contribution in [0.4, 0.5) is 5.69 Å². The molecule has 0 radical (unpaired) electrons. The fourth-order valence-electron chi connectivity index (χ4n) is 1.37.